The molecule has 0 fully saturated rings. The van der Waals surface area contributed by atoms with Gasteiger partial charge in [-0.05, 0) is 99.5 Å². The van der Waals surface area contributed by atoms with Crippen LogP contribution in [0.3, 0.4) is 0 Å². The zero-order valence-electron chi connectivity index (χ0n) is 29.2. The monoisotopic (exact) mass is 647 g/mol. The maximum Gasteiger partial charge on any atom is -0.00258 e. The second-order valence-electron chi connectivity index (χ2n) is 11.8. The summed E-state index contributed by atoms with van der Waals surface area (Å²) in [7, 11) is 0. The van der Waals surface area contributed by atoms with E-state index < -0.39 is 0 Å². The minimum Gasteiger partial charge on any atom is -0.405 e. The second kappa shape index (κ2) is 18.4. The van der Waals surface area contributed by atoms with Gasteiger partial charge in [-0.3, -0.25) is 0 Å². The predicted molar refractivity (Wildman–Crippen MR) is 223 cm³/mol. The molecule has 4 aromatic carbocycles. The first-order valence-electron chi connectivity index (χ1n) is 17.2. The summed E-state index contributed by atoms with van der Waals surface area (Å²) in [6.45, 7) is 6.23. The molecule has 5 rings (SSSR count). The van der Waals surface area contributed by atoms with Gasteiger partial charge in [0.15, 0.2) is 0 Å². The first-order valence-corrected chi connectivity index (χ1v) is 17.2. The summed E-state index contributed by atoms with van der Waals surface area (Å²) in [4.78, 5) is 0. The highest BCUT2D eigenvalue weighted by Gasteiger charge is 2.19. The normalized spacial score (nSPS) is 17.8. The van der Waals surface area contributed by atoms with Crippen LogP contribution in [0.1, 0.15) is 47.2 Å². The zero-order valence-corrected chi connectivity index (χ0v) is 29.2. The molecule has 1 aliphatic carbocycles. The van der Waals surface area contributed by atoms with Crippen LogP contribution in [0.4, 0.5) is 0 Å². The van der Waals surface area contributed by atoms with Crippen molar-refractivity contribution in [1.29, 1.82) is 0 Å². The van der Waals surface area contributed by atoms with Crippen LogP contribution in [0.2, 0.25) is 0 Å². The van der Waals surface area contributed by atoms with Crippen molar-refractivity contribution >= 4 is 40.1 Å². The van der Waals surface area contributed by atoms with E-state index in [2.05, 4.69) is 159 Å². The number of hydrogen-bond donors (Lipinski definition) is 1. The maximum absolute atomic E-state index is 6.13. The Balaban J connectivity index is 1.81. The molecule has 0 heterocycles. The van der Waals surface area contributed by atoms with Gasteiger partial charge in [0.05, 0.1) is 0 Å². The van der Waals surface area contributed by atoms with E-state index in [-0.39, 0.29) is 0 Å². The summed E-state index contributed by atoms with van der Waals surface area (Å²) in [5.41, 5.74) is 17.7. The topological polar surface area (TPSA) is 26.0 Å². The minimum absolute atomic E-state index is 1.03. The molecule has 0 bridgehead atoms. The van der Waals surface area contributed by atoms with Crippen LogP contribution in [0.25, 0.3) is 51.3 Å². The van der Waals surface area contributed by atoms with Crippen molar-refractivity contribution in [2.24, 2.45) is 5.73 Å². The lowest BCUT2D eigenvalue weighted by Crippen LogP contribution is -1.99. The summed E-state index contributed by atoms with van der Waals surface area (Å²) >= 11 is 0. The molecule has 0 amide bonds. The number of fused-ring (bicyclic) bond motifs is 2. The lowest BCUT2D eigenvalue weighted by atomic mass is 9.82. The SMILES string of the molecule is C\C=C/C=C\C=C\C=C(/C=C\N)c1c2c(c(-c3ccc(/C=C\C=C/C)c(C)c3)c3ccccc13)/C=C/C=C/C=C(c1ccccc1)\C=C/C=C\2. The Bertz CT molecular complexity index is 2160. The van der Waals surface area contributed by atoms with Gasteiger partial charge in [-0.25, -0.2) is 0 Å². The van der Waals surface area contributed by atoms with Gasteiger partial charge in [0.2, 0.25) is 0 Å². The highest BCUT2D eigenvalue weighted by atomic mass is 14.5. The van der Waals surface area contributed by atoms with Crippen molar-refractivity contribution in [2.45, 2.75) is 20.8 Å². The van der Waals surface area contributed by atoms with E-state index >= 15 is 0 Å². The van der Waals surface area contributed by atoms with Crippen LogP contribution < -0.4 is 5.73 Å². The number of nitrogens with two attached hydrogens (primary N) is 1. The second-order valence-corrected chi connectivity index (χ2v) is 11.8. The molecule has 1 heteroatoms. The molecule has 1 aliphatic rings. The summed E-state index contributed by atoms with van der Waals surface area (Å²) < 4.78 is 0. The Hall–Kier alpha value is -6.18. The Labute approximate surface area is 298 Å². The first kappa shape index (κ1) is 35.1. The van der Waals surface area contributed by atoms with Crippen molar-refractivity contribution in [3.8, 4) is 11.1 Å². The van der Waals surface area contributed by atoms with Crippen LogP contribution >= 0.6 is 0 Å². The molecule has 1 nitrogen and oxygen atoms in total. The molecule has 0 saturated carbocycles. The van der Waals surface area contributed by atoms with E-state index in [0.717, 1.165) is 33.2 Å². The molecule has 0 atom stereocenters. The molecule has 0 spiro atoms. The molecular formula is C49H45N. The number of benzene rings is 4. The largest absolute Gasteiger partial charge is 0.405 e. The number of aryl methyl sites for hydroxylation is 1. The molecule has 2 N–H and O–H groups in total. The number of allylic oxidation sites excluding steroid dienone is 20. The third-order valence-electron chi connectivity index (χ3n) is 8.43. The summed E-state index contributed by atoms with van der Waals surface area (Å²) in [5.74, 6) is 0. The van der Waals surface area contributed by atoms with E-state index in [1.807, 2.05) is 62.4 Å². The highest BCUT2D eigenvalue weighted by molar-refractivity contribution is 6.10. The van der Waals surface area contributed by atoms with Gasteiger partial charge in [0.25, 0.3) is 0 Å². The molecule has 0 saturated heterocycles. The van der Waals surface area contributed by atoms with Crippen molar-refractivity contribution in [3.63, 3.8) is 0 Å². The Morgan fingerprint density at radius 1 is 0.600 bits per heavy atom. The van der Waals surface area contributed by atoms with Gasteiger partial charge in [0.1, 0.15) is 0 Å². The Morgan fingerprint density at radius 3 is 2.06 bits per heavy atom. The minimum atomic E-state index is 1.03. The van der Waals surface area contributed by atoms with Gasteiger partial charge >= 0.3 is 0 Å². The van der Waals surface area contributed by atoms with Crippen LogP contribution in [-0.2, 0) is 0 Å². The van der Waals surface area contributed by atoms with E-state index in [4.69, 9.17) is 5.73 Å². The Kier molecular flexibility index (Phi) is 12.9. The van der Waals surface area contributed by atoms with Crippen LogP contribution in [-0.4, -0.2) is 0 Å². The van der Waals surface area contributed by atoms with Crippen LogP contribution in [0.5, 0.6) is 0 Å². The fraction of sp³-hybridized carbons (Fsp3) is 0.0612. The van der Waals surface area contributed by atoms with Gasteiger partial charge in [-0.1, -0.05) is 194 Å². The van der Waals surface area contributed by atoms with E-state index in [0.29, 0.717) is 0 Å². The molecule has 0 aromatic heterocycles. The maximum atomic E-state index is 6.13. The van der Waals surface area contributed by atoms with E-state index in [1.54, 1.807) is 6.20 Å². The summed E-state index contributed by atoms with van der Waals surface area (Å²) in [5, 5.41) is 2.34. The van der Waals surface area contributed by atoms with Crippen LogP contribution in [0, 0.1) is 6.92 Å². The molecule has 0 radical (unpaired) electrons. The average molecular weight is 648 g/mol. The first-order chi connectivity index (χ1) is 24.7. The predicted octanol–water partition coefficient (Wildman–Crippen LogP) is 13.2. The number of hydrogen-bond acceptors (Lipinski definition) is 1. The molecule has 0 aliphatic heterocycles. The summed E-state index contributed by atoms with van der Waals surface area (Å²) in [6, 6.07) is 26.0. The van der Waals surface area contributed by atoms with E-state index in [9.17, 15) is 0 Å². The number of rotatable bonds is 9. The van der Waals surface area contributed by atoms with Crippen LogP contribution in [0.15, 0.2) is 188 Å². The quantitative estimate of drug-likeness (QED) is 0.180. The summed E-state index contributed by atoms with van der Waals surface area (Å²) in [6.07, 6.45) is 45.8. The highest BCUT2D eigenvalue weighted by Crippen LogP contribution is 2.42. The Morgan fingerprint density at radius 2 is 1.28 bits per heavy atom. The van der Waals surface area contributed by atoms with Gasteiger partial charge in [-0.15, -0.1) is 0 Å². The van der Waals surface area contributed by atoms with Crippen molar-refractivity contribution in [3.05, 3.63) is 222 Å². The lowest BCUT2D eigenvalue weighted by molar-refractivity contribution is 1.44. The third kappa shape index (κ3) is 8.83. The standard InChI is InChI=1S/C49H45N/c1-4-6-8-9-10-14-28-42(35-36-50)48-44-30-20-19-27-41(40-24-15-11-16-25-40)26-17-12-18-29-46(44)49(47-32-22-21-31-45(47)48)43-34-33-39(38(3)37-43)23-13-7-5-2/h4-37H,50H2,1-3H3/b6-4-,7-5-,9-8-,14-10+,17-12+,18-12?,20-19?,23-13-,26-17?,27-19-,29-18+,30-20-,36-35-,41-26+,41-27?,42-28+,44-30?,46-29?. The van der Waals surface area contributed by atoms with Crippen molar-refractivity contribution in [2.75, 3.05) is 0 Å². The van der Waals surface area contributed by atoms with Gasteiger partial charge < -0.3 is 5.73 Å². The van der Waals surface area contributed by atoms with Crippen molar-refractivity contribution < 1.29 is 0 Å². The molecule has 0 unspecified atom stereocenters. The molecule has 246 valence electrons. The van der Waals surface area contributed by atoms with Gasteiger partial charge in [0, 0.05) is 0 Å². The molecule has 50 heavy (non-hydrogen) atoms. The van der Waals surface area contributed by atoms with Gasteiger partial charge in [-0.2, -0.15) is 0 Å². The molecular weight excluding hydrogens is 603 g/mol. The lowest BCUT2D eigenvalue weighted by Gasteiger charge is -2.21. The third-order valence-corrected chi connectivity index (χ3v) is 8.43. The van der Waals surface area contributed by atoms with Crippen molar-refractivity contribution in [1.82, 2.24) is 0 Å². The average Bonchev–Trinajstić information content (AvgIpc) is 3.13. The van der Waals surface area contributed by atoms with E-state index in [1.165, 1.54) is 33.2 Å². The zero-order chi connectivity index (χ0) is 35.0. The fourth-order valence-corrected chi connectivity index (χ4v) is 6.09. The molecule has 4 aromatic rings. The smallest absolute Gasteiger partial charge is 0.00258 e. The fourth-order valence-electron chi connectivity index (χ4n) is 6.09.